The van der Waals surface area contributed by atoms with Crippen molar-refractivity contribution in [2.75, 3.05) is 18.0 Å². The summed E-state index contributed by atoms with van der Waals surface area (Å²) in [6, 6.07) is 14.8. The Morgan fingerprint density at radius 1 is 1.00 bits per heavy atom. The number of carbonyl (C=O) groups is 2. The molecule has 0 bridgehead atoms. The number of anilines is 1. The number of imide groups is 1. The van der Waals surface area contributed by atoms with Crippen molar-refractivity contribution >= 4 is 35.3 Å². The molecule has 138 valence electrons. The van der Waals surface area contributed by atoms with Crippen molar-refractivity contribution in [2.45, 2.75) is 19.4 Å². The SMILES string of the molecule is O=C1N/C(=C\c2ccc(N3CCCC3)cc2)C(=O)N1Cc1ccccc1Cl. The third kappa shape index (κ3) is 3.69. The fraction of sp³-hybridized carbons (Fsp3) is 0.238. The molecule has 1 N–H and O–H groups in total. The molecule has 0 atom stereocenters. The van der Waals surface area contributed by atoms with Gasteiger partial charge in [-0.05, 0) is 48.2 Å². The lowest BCUT2D eigenvalue weighted by atomic mass is 10.1. The van der Waals surface area contributed by atoms with Crippen molar-refractivity contribution in [3.8, 4) is 0 Å². The number of nitrogens with zero attached hydrogens (tertiary/aromatic N) is 2. The van der Waals surface area contributed by atoms with Crippen LogP contribution in [0.25, 0.3) is 6.08 Å². The third-order valence-corrected chi connectivity index (χ3v) is 5.29. The van der Waals surface area contributed by atoms with Crippen molar-refractivity contribution in [3.63, 3.8) is 0 Å². The summed E-state index contributed by atoms with van der Waals surface area (Å²) in [7, 11) is 0. The second-order valence-corrected chi connectivity index (χ2v) is 7.16. The molecule has 2 aromatic rings. The molecule has 2 saturated heterocycles. The number of hydrogen-bond acceptors (Lipinski definition) is 3. The van der Waals surface area contributed by atoms with E-state index < -0.39 is 6.03 Å². The molecule has 2 heterocycles. The summed E-state index contributed by atoms with van der Waals surface area (Å²) in [5, 5.41) is 3.19. The van der Waals surface area contributed by atoms with Crippen molar-refractivity contribution in [1.29, 1.82) is 0 Å². The summed E-state index contributed by atoms with van der Waals surface area (Å²) >= 11 is 6.14. The van der Waals surface area contributed by atoms with Crippen LogP contribution >= 0.6 is 11.6 Å². The maximum absolute atomic E-state index is 12.6. The van der Waals surface area contributed by atoms with Crippen LogP contribution in [0.15, 0.2) is 54.2 Å². The number of amides is 3. The first-order chi connectivity index (χ1) is 13.1. The Hall–Kier alpha value is -2.79. The third-order valence-electron chi connectivity index (χ3n) is 4.92. The number of halogens is 1. The Kier molecular flexibility index (Phi) is 4.86. The first-order valence-electron chi connectivity index (χ1n) is 9.05. The zero-order valence-corrected chi connectivity index (χ0v) is 15.6. The summed E-state index contributed by atoms with van der Waals surface area (Å²) in [5.74, 6) is -0.344. The van der Waals surface area contributed by atoms with Crippen molar-refractivity contribution < 1.29 is 9.59 Å². The van der Waals surface area contributed by atoms with Gasteiger partial charge >= 0.3 is 6.03 Å². The number of carbonyl (C=O) groups excluding carboxylic acids is 2. The van der Waals surface area contributed by atoms with E-state index in [-0.39, 0.29) is 18.1 Å². The van der Waals surface area contributed by atoms with E-state index in [0.29, 0.717) is 5.02 Å². The fourth-order valence-electron chi connectivity index (χ4n) is 3.44. The lowest BCUT2D eigenvalue weighted by Crippen LogP contribution is -2.30. The van der Waals surface area contributed by atoms with Crippen LogP contribution in [0.5, 0.6) is 0 Å². The quantitative estimate of drug-likeness (QED) is 0.642. The van der Waals surface area contributed by atoms with E-state index in [9.17, 15) is 9.59 Å². The van der Waals surface area contributed by atoms with E-state index in [1.807, 2.05) is 30.3 Å². The molecule has 2 aromatic carbocycles. The molecule has 0 radical (unpaired) electrons. The van der Waals surface area contributed by atoms with Crippen molar-refractivity contribution in [3.05, 3.63) is 70.4 Å². The monoisotopic (exact) mass is 381 g/mol. The minimum atomic E-state index is -0.431. The molecule has 3 amide bonds. The number of hydrogen-bond donors (Lipinski definition) is 1. The predicted molar refractivity (Wildman–Crippen MR) is 106 cm³/mol. The van der Waals surface area contributed by atoms with E-state index in [4.69, 9.17) is 11.6 Å². The standard InChI is InChI=1S/C21H20ClN3O2/c22-18-6-2-1-5-16(18)14-25-20(26)19(23-21(25)27)13-15-7-9-17(10-8-15)24-11-3-4-12-24/h1-2,5-10,13H,3-4,11-12,14H2,(H,23,27)/b19-13-. The lowest BCUT2D eigenvalue weighted by molar-refractivity contribution is -0.123. The van der Waals surface area contributed by atoms with Gasteiger partial charge in [-0.2, -0.15) is 0 Å². The molecule has 27 heavy (non-hydrogen) atoms. The maximum atomic E-state index is 12.6. The van der Waals surface area contributed by atoms with Crippen molar-refractivity contribution in [2.24, 2.45) is 0 Å². The molecule has 6 heteroatoms. The van der Waals surface area contributed by atoms with Crippen LogP contribution in [0.3, 0.4) is 0 Å². The highest BCUT2D eigenvalue weighted by Gasteiger charge is 2.33. The highest BCUT2D eigenvalue weighted by molar-refractivity contribution is 6.31. The van der Waals surface area contributed by atoms with Crippen LogP contribution < -0.4 is 10.2 Å². The van der Waals surface area contributed by atoms with Crippen LogP contribution in [0.2, 0.25) is 5.02 Å². The second kappa shape index (κ2) is 7.45. The molecule has 0 unspecified atom stereocenters. The molecule has 4 rings (SSSR count). The van der Waals surface area contributed by atoms with Crippen molar-refractivity contribution in [1.82, 2.24) is 10.2 Å². The number of rotatable bonds is 4. The van der Waals surface area contributed by atoms with E-state index >= 15 is 0 Å². The lowest BCUT2D eigenvalue weighted by Gasteiger charge is -2.17. The molecular weight excluding hydrogens is 362 g/mol. The zero-order chi connectivity index (χ0) is 18.8. The number of nitrogens with one attached hydrogen (secondary N) is 1. The first kappa shape index (κ1) is 17.6. The highest BCUT2D eigenvalue weighted by Crippen LogP contribution is 2.23. The minimum absolute atomic E-state index is 0.148. The van der Waals surface area contributed by atoms with Gasteiger partial charge in [0.1, 0.15) is 5.70 Å². The van der Waals surface area contributed by atoms with Crippen LogP contribution in [0.1, 0.15) is 24.0 Å². The van der Waals surface area contributed by atoms with Crippen LogP contribution in [0.4, 0.5) is 10.5 Å². The van der Waals surface area contributed by atoms with Gasteiger partial charge in [0.2, 0.25) is 0 Å². The summed E-state index contributed by atoms with van der Waals surface area (Å²) in [6.07, 6.45) is 4.17. The summed E-state index contributed by atoms with van der Waals surface area (Å²) in [5.41, 5.74) is 3.08. The van der Waals surface area contributed by atoms with Gasteiger partial charge in [-0.25, -0.2) is 4.79 Å². The second-order valence-electron chi connectivity index (χ2n) is 6.76. The highest BCUT2D eigenvalue weighted by atomic mass is 35.5. The molecule has 5 nitrogen and oxygen atoms in total. The molecule has 0 spiro atoms. The Balaban J connectivity index is 1.50. The van der Waals surface area contributed by atoms with E-state index in [2.05, 4.69) is 22.3 Å². The van der Waals surface area contributed by atoms with Gasteiger partial charge in [-0.1, -0.05) is 41.9 Å². The van der Waals surface area contributed by atoms with Gasteiger partial charge in [0, 0.05) is 23.8 Å². The smallest absolute Gasteiger partial charge is 0.329 e. The fourth-order valence-corrected chi connectivity index (χ4v) is 3.63. The Morgan fingerprint density at radius 3 is 2.41 bits per heavy atom. The molecule has 2 aliphatic rings. The van der Waals surface area contributed by atoms with Gasteiger partial charge in [-0.15, -0.1) is 0 Å². The van der Waals surface area contributed by atoms with Gasteiger partial charge in [0.15, 0.2) is 0 Å². The van der Waals surface area contributed by atoms with Gasteiger partial charge in [0.25, 0.3) is 5.91 Å². The van der Waals surface area contributed by atoms with Gasteiger partial charge in [-0.3, -0.25) is 9.69 Å². The van der Waals surface area contributed by atoms with Crippen LogP contribution in [-0.2, 0) is 11.3 Å². The molecule has 0 aliphatic carbocycles. The summed E-state index contributed by atoms with van der Waals surface area (Å²) < 4.78 is 0. The topological polar surface area (TPSA) is 52.7 Å². The molecule has 0 saturated carbocycles. The van der Waals surface area contributed by atoms with Crippen LogP contribution in [0, 0.1) is 0 Å². The minimum Gasteiger partial charge on any atom is -0.372 e. The Morgan fingerprint density at radius 2 is 1.70 bits per heavy atom. The van der Waals surface area contributed by atoms with E-state index in [1.54, 1.807) is 12.1 Å². The summed E-state index contributed by atoms with van der Waals surface area (Å²) in [6.45, 7) is 2.33. The van der Waals surface area contributed by atoms with Gasteiger partial charge in [0.05, 0.1) is 6.54 Å². The normalized spacial score (nSPS) is 18.5. The molecule has 0 aromatic heterocycles. The van der Waals surface area contributed by atoms with E-state index in [0.717, 1.165) is 24.2 Å². The Labute approximate surface area is 163 Å². The molecule has 2 aliphatic heterocycles. The predicted octanol–water partition coefficient (Wildman–Crippen LogP) is 4.03. The first-order valence-corrected chi connectivity index (χ1v) is 9.42. The largest absolute Gasteiger partial charge is 0.372 e. The average Bonchev–Trinajstić information content (AvgIpc) is 3.29. The average molecular weight is 382 g/mol. The molecule has 2 fully saturated rings. The zero-order valence-electron chi connectivity index (χ0n) is 14.8. The maximum Gasteiger partial charge on any atom is 0.329 e. The Bertz CT molecular complexity index is 902. The number of benzene rings is 2. The van der Waals surface area contributed by atoms with Gasteiger partial charge < -0.3 is 10.2 Å². The molecular formula is C21H20ClN3O2. The van der Waals surface area contributed by atoms with Crippen LogP contribution in [-0.4, -0.2) is 29.9 Å². The summed E-state index contributed by atoms with van der Waals surface area (Å²) in [4.78, 5) is 28.4. The van der Waals surface area contributed by atoms with E-state index in [1.165, 1.54) is 23.4 Å². The number of urea groups is 1.